The van der Waals surface area contributed by atoms with Crippen LogP contribution in [0.3, 0.4) is 0 Å². The zero-order valence-corrected chi connectivity index (χ0v) is 15.5. The van der Waals surface area contributed by atoms with Gasteiger partial charge in [-0.1, -0.05) is 58.7 Å². The van der Waals surface area contributed by atoms with Crippen LogP contribution >= 0.6 is 23.2 Å². The number of hydrogen-bond donors (Lipinski definition) is 1. The van der Waals surface area contributed by atoms with E-state index < -0.39 is 11.9 Å². The fourth-order valence-corrected chi connectivity index (χ4v) is 2.69. The first kappa shape index (κ1) is 21.2. The number of oxime groups is 1. The number of halogens is 5. The third-order valence-corrected chi connectivity index (χ3v) is 3.89. The van der Waals surface area contributed by atoms with Gasteiger partial charge in [0.1, 0.15) is 12.4 Å². The molecule has 0 unspecified atom stereocenters. The zero-order chi connectivity index (χ0) is 19.9. The second-order valence-corrected chi connectivity index (χ2v) is 6.25. The summed E-state index contributed by atoms with van der Waals surface area (Å²) in [5.41, 5.74) is -1.15. The first-order chi connectivity index (χ1) is 12.8. The van der Waals surface area contributed by atoms with Crippen molar-refractivity contribution >= 4 is 28.9 Å². The number of phenols is 1. The van der Waals surface area contributed by atoms with E-state index in [4.69, 9.17) is 32.8 Å². The van der Waals surface area contributed by atoms with Crippen LogP contribution in [0.5, 0.6) is 11.5 Å². The largest absolute Gasteiger partial charge is 0.508 e. The minimum atomic E-state index is -4.61. The number of aromatic hydroxyl groups is 1. The molecule has 0 fully saturated rings. The monoisotopic (exact) mass is 421 g/mol. The van der Waals surface area contributed by atoms with Crippen molar-refractivity contribution in [2.75, 3.05) is 13.2 Å². The topological polar surface area (TPSA) is 51.0 Å². The highest BCUT2D eigenvalue weighted by Crippen LogP contribution is 2.36. The van der Waals surface area contributed by atoms with Gasteiger partial charge in [-0.2, -0.15) is 13.2 Å². The Morgan fingerprint density at radius 2 is 1.59 bits per heavy atom. The molecule has 0 heterocycles. The van der Waals surface area contributed by atoms with Crippen LogP contribution in [0.1, 0.15) is 18.4 Å². The highest BCUT2D eigenvalue weighted by molar-refractivity contribution is 6.37. The van der Waals surface area contributed by atoms with Gasteiger partial charge in [-0.3, -0.25) is 0 Å². The molecule has 0 saturated heterocycles. The maximum atomic E-state index is 13.1. The number of ether oxygens (including phenoxy) is 1. The average Bonchev–Trinajstić information content (AvgIpc) is 2.58. The molecule has 0 spiro atoms. The molecule has 2 rings (SSSR count). The van der Waals surface area contributed by atoms with E-state index in [1.54, 1.807) is 6.07 Å². The van der Waals surface area contributed by atoms with Gasteiger partial charge in [0.05, 0.1) is 16.7 Å². The Morgan fingerprint density at radius 1 is 1.00 bits per heavy atom. The summed E-state index contributed by atoms with van der Waals surface area (Å²) in [7, 11) is 0. The minimum Gasteiger partial charge on any atom is -0.508 e. The molecule has 146 valence electrons. The second kappa shape index (κ2) is 9.71. The van der Waals surface area contributed by atoms with E-state index >= 15 is 0 Å². The molecule has 1 N–H and O–H groups in total. The molecule has 0 aliphatic heterocycles. The van der Waals surface area contributed by atoms with Gasteiger partial charge in [-0.05, 0) is 12.8 Å². The molecule has 0 aliphatic rings. The normalized spacial score (nSPS) is 12.1. The number of rotatable bonds is 8. The van der Waals surface area contributed by atoms with Crippen LogP contribution in [0.25, 0.3) is 0 Å². The van der Waals surface area contributed by atoms with E-state index in [9.17, 15) is 18.3 Å². The third-order valence-electron chi connectivity index (χ3n) is 3.33. The molecular weight excluding hydrogens is 406 g/mol. The van der Waals surface area contributed by atoms with Crippen molar-refractivity contribution < 1.29 is 27.9 Å². The molecule has 0 amide bonds. The van der Waals surface area contributed by atoms with Gasteiger partial charge in [-0.25, -0.2) is 0 Å². The zero-order valence-electron chi connectivity index (χ0n) is 14.0. The second-order valence-electron chi connectivity index (χ2n) is 5.43. The van der Waals surface area contributed by atoms with E-state index in [-0.39, 0.29) is 40.3 Å². The standard InChI is InChI=1S/C18H16Cl2F3NO3/c19-14-10-13(25)11-15(20)16(14)26-8-4-5-9-27-24-17(18(21,22)23)12-6-2-1-3-7-12/h1-3,6-7,10-11,25H,4-5,8-9H2. The molecule has 0 aliphatic carbocycles. The van der Waals surface area contributed by atoms with E-state index in [1.165, 1.54) is 36.4 Å². The minimum absolute atomic E-state index is 0.00713. The van der Waals surface area contributed by atoms with Crippen molar-refractivity contribution in [3.05, 3.63) is 58.1 Å². The lowest BCUT2D eigenvalue weighted by Gasteiger charge is -2.11. The van der Waals surface area contributed by atoms with Crippen LogP contribution in [-0.4, -0.2) is 30.2 Å². The number of hydrogen-bond acceptors (Lipinski definition) is 4. The van der Waals surface area contributed by atoms with E-state index in [1.807, 2.05) is 0 Å². The summed E-state index contributed by atoms with van der Waals surface area (Å²) in [4.78, 5) is 4.82. The highest BCUT2D eigenvalue weighted by atomic mass is 35.5. The number of phenolic OH excluding ortho intramolecular Hbond substituents is 1. The van der Waals surface area contributed by atoms with Crippen LogP contribution in [0.2, 0.25) is 10.0 Å². The Labute approximate surface area is 164 Å². The van der Waals surface area contributed by atoms with E-state index in [0.29, 0.717) is 12.8 Å². The third kappa shape index (κ3) is 6.52. The Bertz CT molecular complexity index is 760. The van der Waals surface area contributed by atoms with Crippen molar-refractivity contribution in [1.82, 2.24) is 0 Å². The maximum Gasteiger partial charge on any atom is 0.437 e. The first-order valence-electron chi connectivity index (χ1n) is 7.92. The molecule has 0 atom stereocenters. The summed E-state index contributed by atoms with van der Waals surface area (Å²) in [6.07, 6.45) is -3.72. The molecule has 0 aromatic heterocycles. The maximum absolute atomic E-state index is 13.1. The number of alkyl halides is 3. The lowest BCUT2D eigenvalue weighted by Crippen LogP contribution is -2.24. The number of nitrogens with zero attached hydrogens (tertiary/aromatic N) is 1. The van der Waals surface area contributed by atoms with Crippen molar-refractivity contribution in [2.24, 2.45) is 5.16 Å². The summed E-state index contributed by atoms with van der Waals surface area (Å²) in [5.74, 6) is 0.154. The Hall–Kier alpha value is -2.12. The van der Waals surface area contributed by atoms with Crippen molar-refractivity contribution in [3.63, 3.8) is 0 Å². The molecule has 2 aromatic carbocycles. The summed E-state index contributed by atoms with van der Waals surface area (Å²) >= 11 is 11.8. The van der Waals surface area contributed by atoms with Gasteiger partial charge >= 0.3 is 6.18 Å². The quantitative estimate of drug-likeness (QED) is 0.330. The Morgan fingerprint density at radius 3 is 2.19 bits per heavy atom. The van der Waals surface area contributed by atoms with Crippen molar-refractivity contribution in [2.45, 2.75) is 19.0 Å². The summed E-state index contributed by atoms with van der Waals surface area (Å²) in [6.45, 7) is 0.217. The highest BCUT2D eigenvalue weighted by Gasteiger charge is 2.37. The van der Waals surface area contributed by atoms with Crippen LogP contribution in [0.4, 0.5) is 13.2 Å². The smallest absolute Gasteiger partial charge is 0.437 e. The van der Waals surface area contributed by atoms with Gasteiger partial charge in [0, 0.05) is 17.7 Å². The molecule has 0 saturated carbocycles. The van der Waals surface area contributed by atoms with Gasteiger partial charge in [0.15, 0.2) is 11.5 Å². The summed E-state index contributed by atoms with van der Waals surface area (Å²) in [5, 5.41) is 12.9. The van der Waals surface area contributed by atoms with Gasteiger partial charge in [0.25, 0.3) is 0 Å². The Kier molecular flexibility index (Phi) is 7.62. The van der Waals surface area contributed by atoms with Crippen LogP contribution in [0.15, 0.2) is 47.6 Å². The van der Waals surface area contributed by atoms with Gasteiger partial charge in [0.2, 0.25) is 0 Å². The summed E-state index contributed by atoms with van der Waals surface area (Å²) in [6, 6.07) is 9.82. The van der Waals surface area contributed by atoms with Crippen molar-refractivity contribution in [1.29, 1.82) is 0 Å². The fourth-order valence-electron chi connectivity index (χ4n) is 2.10. The summed E-state index contributed by atoms with van der Waals surface area (Å²) < 4.78 is 44.6. The molecule has 0 radical (unpaired) electrons. The predicted molar refractivity (Wildman–Crippen MR) is 97.8 cm³/mol. The van der Waals surface area contributed by atoms with Gasteiger partial charge in [-0.15, -0.1) is 0 Å². The molecule has 27 heavy (non-hydrogen) atoms. The lowest BCUT2D eigenvalue weighted by atomic mass is 10.1. The van der Waals surface area contributed by atoms with E-state index in [0.717, 1.165) is 0 Å². The number of unbranched alkanes of at least 4 members (excludes halogenated alkanes) is 1. The Balaban J connectivity index is 1.80. The molecule has 4 nitrogen and oxygen atoms in total. The lowest BCUT2D eigenvalue weighted by molar-refractivity contribution is -0.0615. The SMILES string of the molecule is Oc1cc(Cl)c(OCCCCON=C(c2ccccc2)C(F)(F)F)c(Cl)c1. The van der Waals surface area contributed by atoms with E-state index in [2.05, 4.69) is 5.16 Å². The van der Waals surface area contributed by atoms with Crippen LogP contribution in [0, 0.1) is 0 Å². The number of benzene rings is 2. The van der Waals surface area contributed by atoms with Gasteiger partial charge < -0.3 is 14.7 Å². The van der Waals surface area contributed by atoms with Crippen LogP contribution in [-0.2, 0) is 4.84 Å². The fraction of sp³-hybridized carbons (Fsp3) is 0.278. The predicted octanol–water partition coefficient (Wildman–Crippen LogP) is 5.84. The van der Waals surface area contributed by atoms with Crippen molar-refractivity contribution in [3.8, 4) is 11.5 Å². The molecule has 2 aromatic rings. The molecule has 0 bridgehead atoms. The van der Waals surface area contributed by atoms with Crippen LogP contribution < -0.4 is 4.74 Å². The average molecular weight is 422 g/mol. The molecule has 9 heteroatoms. The molecular formula is C18H16Cl2F3NO3. The first-order valence-corrected chi connectivity index (χ1v) is 8.68.